The summed E-state index contributed by atoms with van der Waals surface area (Å²) in [5.74, 6) is 0.683. The van der Waals surface area contributed by atoms with Crippen LogP contribution in [0.2, 0.25) is 0 Å². The summed E-state index contributed by atoms with van der Waals surface area (Å²) in [5.41, 5.74) is 2.00. The number of benzene rings is 2. The van der Waals surface area contributed by atoms with Crippen molar-refractivity contribution in [3.63, 3.8) is 0 Å². The number of sulfonamides is 1. The molecule has 0 radical (unpaired) electrons. The van der Waals surface area contributed by atoms with E-state index in [1.165, 1.54) is 10.9 Å². The lowest BCUT2D eigenvalue weighted by Gasteiger charge is -2.08. The number of nitrogens with one attached hydrogen (secondary N) is 1. The first-order valence-corrected chi connectivity index (χ1v) is 9.19. The quantitative estimate of drug-likeness (QED) is 0.736. The van der Waals surface area contributed by atoms with E-state index in [1.807, 2.05) is 48.5 Å². The van der Waals surface area contributed by atoms with Crippen LogP contribution in [0, 0.1) is 0 Å². The predicted molar refractivity (Wildman–Crippen MR) is 95.7 cm³/mol. The van der Waals surface area contributed by atoms with Crippen molar-refractivity contribution in [2.45, 2.75) is 11.4 Å². The molecular formula is C18H19N3O3S. The molecular weight excluding hydrogens is 338 g/mol. The number of aromatic nitrogens is 2. The van der Waals surface area contributed by atoms with Gasteiger partial charge in [-0.3, -0.25) is 4.68 Å². The Balaban J connectivity index is 1.88. The largest absolute Gasteiger partial charge is 0.497 e. The summed E-state index contributed by atoms with van der Waals surface area (Å²) in [6, 6.07) is 16.5. The first-order chi connectivity index (χ1) is 12.0. The van der Waals surface area contributed by atoms with Crippen molar-refractivity contribution in [2.24, 2.45) is 7.05 Å². The molecule has 0 amide bonds. The smallest absolute Gasteiger partial charge is 0.244 e. The molecule has 0 bridgehead atoms. The van der Waals surface area contributed by atoms with Gasteiger partial charge >= 0.3 is 0 Å². The number of aryl methyl sites for hydroxylation is 1. The number of hydrogen-bond donors (Lipinski definition) is 1. The van der Waals surface area contributed by atoms with Crippen LogP contribution in [-0.4, -0.2) is 25.3 Å². The Labute approximate surface area is 147 Å². The highest BCUT2D eigenvalue weighted by molar-refractivity contribution is 7.89. The molecule has 1 heterocycles. The first kappa shape index (κ1) is 17.2. The average Bonchev–Trinajstić information content (AvgIpc) is 3.04. The number of ether oxygens (including phenoxy) is 1. The van der Waals surface area contributed by atoms with Gasteiger partial charge in [0.15, 0.2) is 0 Å². The van der Waals surface area contributed by atoms with E-state index in [0.29, 0.717) is 11.4 Å². The molecule has 2 aromatic carbocycles. The van der Waals surface area contributed by atoms with Crippen LogP contribution in [0.5, 0.6) is 5.75 Å². The summed E-state index contributed by atoms with van der Waals surface area (Å²) in [6.45, 7) is 0.169. The molecule has 0 fully saturated rings. The zero-order chi connectivity index (χ0) is 17.9. The second-order valence-corrected chi connectivity index (χ2v) is 7.29. The van der Waals surface area contributed by atoms with Crippen LogP contribution < -0.4 is 9.46 Å². The number of hydrogen-bond acceptors (Lipinski definition) is 4. The maximum atomic E-state index is 12.8. The first-order valence-electron chi connectivity index (χ1n) is 7.71. The van der Waals surface area contributed by atoms with Crippen molar-refractivity contribution in [1.29, 1.82) is 0 Å². The minimum Gasteiger partial charge on any atom is -0.497 e. The molecule has 0 aliphatic rings. The van der Waals surface area contributed by atoms with Crippen molar-refractivity contribution in [2.75, 3.05) is 7.11 Å². The topological polar surface area (TPSA) is 73.2 Å². The molecule has 3 rings (SSSR count). The minimum absolute atomic E-state index is 0.157. The summed E-state index contributed by atoms with van der Waals surface area (Å²) < 4.78 is 34.8. The highest BCUT2D eigenvalue weighted by atomic mass is 32.2. The molecule has 6 nitrogen and oxygen atoms in total. The van der Waals surface area contributed by atoms with Crippen molar-refractivity contribution < 1.29 is 13.2 Å². The lowest BCUT2D eigenvalue weighted by molar-refractivity contribution is 0.414. The van der Waals surface area contributed by atoms with Gasteiger partial charge in [-0.25, -0.2) is 13.1 Å². The predicted octanol–water partition coefficient (Wildman–Crippen LogP) is 2.57. The summed E-state index contributed by atoms with van der Waals surface area (Å²) in [4.78, 5) is 0.157. The third kappa shape index (κ3) is 3.89. The normalized spacial score (nSPS) is 11.4. The van der Waals surface area contributed by atoms with Gasteiger partial charge in [-0.1, -0.05) is 42.5 Å². The Morgan fingerprint density at radius 2 is 1.88 bits per heavy atom. The second kappa shape index (κ2) is 7.08. The highest BCUT2D eigenvalue weighted by Crippen LogP contribution is 2.25. The van der Waals surface area contributed by atoms with E-state index in [0.717, 1.165) is 11.1 Å². The molecule has 1 aromatic heterocycles. The van der Waals surface area contributed by atoms with Crippen molar-refractivity contribution in [1.82, 2.24) is 14.5 Å². The fourth-order valence-corrected chi connectivity index (χ4v) is 3.71. The third-order valence-electron chi connectivity index (χ3n) is 3.73. The van der Waals surface area contributed by atoms with Crippen molar-refractivity contribution >= 4 is 10.0 Å². The van der Waals surface area contributed by atoms with Gasteiger partial charge in [-0.2, -0.15) is 5.10 Å². The van der Waals surface area contributed by atoms with Crippen molar-refractivity contribution in [3.8, 4) is 17.0 Å². The molecule has 0 aliphatic carbocycles. The summed E-state index contributed by atoms with van der Waals surface area (Å²) >= 11 is 0. The number of methoxy groups -OCH3 is 1. The van der Waals surface area contributed by atoms with Crippen LogP contribution in [0.15, 0.2) is 65.7 Å². The Kier molecular flexibility index (Phi) is 4.87. The highest BCUT2D eigenvalue weighted by Gasteiger charge is 2.22. The third-order valence-corrected chi connectivity index (χ3v) is 5.13. The SMILES string of the molecule is COc1cccc(CNS(=O)(=O)c2cn(C)nc2-c2ccccc2)c1. The average molecular weight is 357 g/mol. The Bertz CT molecular complexity index is 966. The van der Waals surface area contributed by atoms with Crippen LogP contribution in [0.4, 0.5) is 0 Å². The molecule has 25 heavy (non-hydrogen) atoms. The van der Waals surface area contributed by atoms with Crippen LogP contribution in [-0.2, 0) is 23.6 Å². The van der Waals surface area contributed by atoms with Gasteiger partial charge in [0.2, 0.25) is 10.0 Å². The zero-order valence-electron chi connectivity index (χ0n) is 14.0. The van der Waals surface area contributed by atoms with Crippen molar-refractivity contribution in [3.05, 3.63) is 66.4 Å². The molecule has 0 saturated carbocycles. The van der Waals surface area contributed by atoms with Gasteiger partial charge in [0.1, 0.15) is 16.3 Å². The molecule has 0 spiro atoms. The minimum atomic E-state index is -3.71. The van der Waals surface area contributed by atoms with Gasteiger partial charge in [0, 0.05) is 25.4 Å². The summed E-state index contributed by atoms with van der Waals surface area (Å²) in [6.07, 6.45) is 1.51. The van der Waals surface area contributed by atoms with Gasteiger partial charge < -0.3 is 4.74 Å². The lowest BCUT2D eigenvalue weighted by Crippen LogP contribution is -2.23. The zero-order valence-corrected chi connectivity index (χ0v) is 14.8. The Morgan fingerprint density at radius 1 is 1.12 bits per heavy atom. The Hall–Kier alpha value is -2.64. The van der Waals surface area contributed by atoms with E-state index < -0.39 is 10.0 Å². The van der Waals surface area contributed by atoms with Crippen LogP contribution in [0.3, 0.4) is 0 Å². The maximum absolute atomic E-state index is 12.8. The van der Waals surface area contributed by atoms with E-state index >= 15 is 0 Å². The Morgan fingerprint density at radius 3 is 2.60 bits per heavy atom. The number of rotatable bonds is 6. The molecule has 0 saturated heterocycles. The lowest BCUT2D eigenvalue weighted by atomic mass is 10.2. The van der Waals surface area contributed by atoms with E-state index in [9.17, 15) is 8.42 Å². The molecule has 130 valence electrons. The van der Waals surface area contributed by atoms with Gasteiger partial charge in [0.25, 0.3) is 0 Å². The van der Waals surface area contributed by atoms with E-state index in [4.69, 9.17) is 4.74 Å². The molecule has 3 aromatic rings. The van der Waals surface area contributed by atoms with Crippen LogP contribution in [0.1, 0.15) is 5.56 Å². The van der Waals surface area contributed by atoms with Crippen LogP contribution in [0.25, 0.3) is 11.3 Å². The van der Waals surface area contributed by atoms with Gasteiger partial charge in [-0.05, 0) is 17.7 Å². The van der Waals surface area contributed by atoms with E-state index in [2.05, 4.69) is 9.82 Å². The van der Waals surface area contributed by atoms with E-state index in [-0.39, 0.29) is 11.4 Å². The van der Waals surface area contributed by atoms with Crippen LogP contribution >= 0.6 is 0 Å². The molecule has 1 N–H and O–H groups in total. The second-order valence-electron chi connectivity index (χ2n) is 5.56. The number of nitrogens with zero attached hydrogens (tertiary/aromatic N) is 2. The van der Waals surface area contributed by atoms with Gasteiger partial charge in [0.05, 0.1) is 7.11 Å². The monoisotopic (exact) mass is 357 g/mol. The summed E-state index contributed by atoms with van der Waals surface area (Å²) in [5, 5.41) is 4.31. The maximum Gasteiger partial charge on any atom is 0.244 e. The standard InChI is InChI=1S/C18H19N3O3S/c1-21-13-17(18(20-21)15-8-4-3-5-9-15)25(22,23)19-12-14-7-6-10-16(11-14)24-2/h3-11,13,19H,12H2,1-2H3. The van der Waals surface area contributed by atoms with Gasteiger partial charge in [-0.15, -0.1) is 0 Å². The molecule has 0 aliphatic heterocycles. The summed E-state index contributed by atoms with van der Waals surface area (Å²) in [7, 11) is -0.434. The molecule has 0 unspecified atom stereocenters. The molecule has 7 heteroatoms. The van der Waals surface area contributed by atoms with E-state index in [1.54, 1.807) is 20.2 Å². The fraction of sp³-hybridized carbons (Fsp3) is 0.167. The molecule has 0 atom stereocenters. The fourth-order valence-electron chi connectivity index (χ4n) is 2.50.